The molecule has 0 atom stereocenters. The van der Waals surface area contributed by atoms with E-state index >= 15 is 0 Å². The van der Waals surface area contributed by atoms with Crippen molar-refractivity contribution >= 4 is 28.4 Å². The van der Waals surface area contributed by atoms with Gasteiger partial charge in [0.25, 0.3) is 0 Å². The van der Waals surface area contributed by atoms with E-state index < -0.39 is 0 Å². The molecule has 0 saturated heterocycles. The standard InChI is InChI=1S/C35H31N.C23H23N.C16H15N3.C10H10N2O.11C2H6/c1-24-10-16-29(17-11-24)36(28-8-6-5-7-9-28)30-18-13-26(14-19-30)27-15-21-32-31-20-12-25(2)22-33(31)35(3,4)34(32)23-27;1-16-10-12-19-20-13-11-18(24(4)17-8-6-5-7-9-17)15-22(20)23(2,3)21(19)14-16;1-12-8-10-14(11-9-12)16-18-17-13(2)19(16)15-6-4-3-5-7-15;1-7-3-5-9(6-4-7)10-12-11-8(2)13-10;11*1-2/h5-23H,1-4H3;5-15H,1-4H3;3-11H,1-2H3;3-6H,1-2H3;11*1-2H3. The minimum Gasteiger partial charge on any atom is -0.421 e. The van der Waals surface area contributed by atoms with Crippen LogP contribution in [0.4, 0.5) is 28.4 Å². The zero-order valence-electron chi connectivity index (χ0n) is 76.9. The van der Waals surface area contributed by atoms with Crippen LogP contribution in [0, 0.1) is 48.5 Å². The topological polar surface area (TPSA) is 76.1 Å². The average Bonchev–Trinajstić information content (AvgIpc) is 1.58. The second-order valence-corrected chi connectivity index (χ2v) is 25.4. The maximum atomic E-state index is 5.29. The van der Waals surface area contributed by atoms with Crippen LogP contribution in [0.5, 0.6) is 0 Å². The Kier molecular flexibility index (Phi) is 48.1. The van der Waals surface area contributed by atoms with E-state index in [0.29, 0.717) is 11.8 Å². The number of anilines is 5. The first-order valence-electron chi connectivity index (χ1n) is 42.7. The fourth-order valence-corrected chi connectivity index (χ4v) is 12.6. The summed E-state index contributed by atoms with van der Waals surface area (Å²) >= 11 is 0. The van der Waals surface area contributed by atoms with Gasteiger partial charge in [-0.25, -0.2) is 0 Å². The van der Waals surface area contributed by atoms with Crippen molar-refractivity contribution in [1.82, 2.24) is 25.0 Å². The molecule has 8 nitrogen and oxygen atoms in total. The summed E-state index contributed by atoms with van der Waals surface area (Å²) in [6.07, 6.45) is 0. The first-order valence-corrected chi connectivity index (χ1v) is 42.7. The van der Waals surface area contributed by atoms with Crippen LogP contribution in [0.2, 0.25) is 0 Å². The van der Waals surface area contributed by atoms with Crippen molar-refractivity contribution in [2.24, 2.45) is 0 Å². The summed E-state index contributed by atoms with van der Waals surface area (Å²) in [5.41, 5.74) is 29.2. The van der Waals surface area contributed by atoms with Gasteiger partial charge < -0.3 is 14.2 Å². The molecule has 0 unspecified atom stereocenters. The van der Waals surface area contributed by atoms with E-state index in [2.05, 4.69) is 316 Å². The number of nitrogens with zero attached hydrogens (tertiary/aromatic N) is 7. The molecule has 114 heavy (non-hydrogen) atoms. The number of aryl methyl sites for hydroxylation is 7. The highest BCUT2D eigenvalue weighted by Gasteiger charge is 2.37. The third-order valence-corrected chi connectivity index (χ3v) is 17.9. The molecule has 0 radical (unpaired) electrons. The Balaban J connectivity index is 0.000000732. The molecule has 0 bridgehead atoms. The predicted molar refractivity (Wildman–Crippen MR) is 507 cm³/mol. The van der Waals surface area contributed by atoms with E-state index in [1.54, 1.807) is 6.92 Å². The number of hydrogen-bond donors (Lipinski definition) is 0. The molecule has 0 amide bonds. The van der Waals surface area contributed by atoms with Crippen LogP contribution in [0.15, 0.2) is 265 Å². The van der Waals surface area contributed by atoms with E-state index in [4.69, 9.17) is 4.42 Å². The van der Waals surface area contributed by atoms with Gasteiger partial charge >= 0.3 is 0 Å². The van der Waals surface area contributed by atoms with Gasteiger partial charge in [-0.05, 0) is 188 Å². The number of rotatable bonds is 9. The Labute approximate surface area is 694 Å². The number of hydrogen-bond acceptors (Lipinski definition) is 7. The molecule has 8 heteroatoms. The molecular weight excluding hydrogens is 1390 g/mol. The quantitative estimate of drug-likeness (QED) is 0.142. The summed E-state index contributed by atoms with van der Waals surface area (Å²) in [6.45, 7) is 67.7. The van der Waals surface area contributed by atoms with Gasteiger partial charge in [-0.3, -0.25) is 4.57 Å². The maximum Gasteiger partial charge on any atom is 0.247 e. The van der Waals surface area contributed by atoms with Crippen LogP contribution in [-0.2, 0) is 10.8 Å². The molecule has 0 fully saturated rings. The molecule has 2 heterocycles. The molecule has 11 aromatic carbocycles. The predicted octanol–water partition coefficient (Wildman–Crippen LogP) is 33.0. The van der Waals surface area contributed by atoms with Crippen molar-refractivity contribution in [2.45, 2.75) is 239 Å². The van der Waals surface area contributed by atoms with Crippen LogP contribution >= 0.6 is 0 Å². The molecule has 2 aromatic heterocycles. The van der Waals surface area contributed by atoms with Gasteiger partial charge in [0.05, 0.1) is 0 Å². The Hall–Kier alpha value is -10.7. The third-order valence-electron chi connectivity index (χ3n) is 17.9. The van der Waals surface area contributed by atoms with Crippen molar-refractivity contribution < 1.29 is 4.42 Å². The number of benzene rings is 11. The largest absolute Gasteiger partial charge is 0.421 e. The highest BCUT2D eigenvalue weighted by Crippen LogP contribution is 2.52. The van der Waals surface area contributed by atoms with Crippen molar-refractivity contribution in [3.8, 4) is 61.9 Å². The van der Waals surface area contributed by atoms with Gasteiger partial charge in [-0.15, -0.1) is 20.4 Å². The van der Waals surface area contributed by atoms with Crippen molar-refractivity contribution in [2.75, 3.05) is 16.8 Å². The zero-order valence-corrected chi connectivity index (χ0v) is 76.9. The van der Waals surface area contributed by atoms with E-state index in [-0.39, 0.29) is 10.8 Å². The SMILES string of the molecule is CC.CC.CC.CC.CC.CC.CC.CC.CC.CC.CC.Cc1ccc(-c2nnc(C)n2-c2ccccc2)cc1.Cc1ccc(-c2nnc(C)o2)cc1.Cc1ccc(N(c2ccccc2)c2ccc(-c3ccc4c(c3)C(C)(C)c3cc(C)ccc3-4)cc2)cc1.Cc1ccc2c(c1)C(C)(C)c1cc(N(C)c3ccccc3)ccc1-2. The highest BCUT2D eigenvalue weighted by molar-refractivity contribution is 5.86. The van der Waals surface area contributed by atoms with E-state index in [1.807, 2.05) is 209 Å². The van der Waals surface area contributed by atoms with Gasteiger partial charge in [0.1, 0.15) is 5.82 Å². The molecule has 2 aliphatic rings. The van der Waals surface area contributed by atoms with Crippen molar-refractivity contribution in [3.63, 3.8) is 0 Å². The fourth-order valence-electron chi connectivity index (χ4n) is 12.6. The normalized spacial score (nSPS) is 10.7. The lowest BCUT2D eigenvalue weighted by molar-refractivity contribution is 0.533. The first-order chi connectivity index (χ1) is 55.4. The smallest absolute Gasteiger partial charge is 0.247 e. The lowest BCUT2D eigenvalue weighted by Gasteiger charge is -2.26. The number of fused-ring (bicyclic) bond motifs is 6. The van der Waals surface area contributed by atoms with Crippen LogP contribution in [0.1, 0.15) is 242 Å². The molecule has 2 aliphatic carbocycles. The summed E-state index contributed by atoms with van der Waals surface area (Å²) in [4.78, 5) is 4.57. The molecule has 15 rings (SSSR count). The summed E-state index contributed by atoms with van der Waals surface area (Å²) in [5.74, 6) is 2.94. The molecule has 13 aromatic rings. The van der Waals surface area contributed by atoms with Gasteiger partial charge in [0.2, 0.25) is 11.8 Å². The lowest BCUT2D eigenvalue weighted by Crippen LogP contribution is -2.16. The number of aromatic nitrogens is 5. The van der Waals surface area contributed by atoms with Crippen molar-refractivity contribution in [3.05, 3.63) is 323 Å². The Morgan fingerprint density at radius 3 is 1.01 bits per heavy atom. The lowest BCUT2D eigenvalue weighted by atomic mass is 9.81. The minimum atomic E-state index is 0.00217. The second kappa shape index (κ2) is 54.1. The second-order valence-electron chi connectivity index (χ2n) is 25.4. The molecular formula is C106H145N7O. The van der Waals surface area contributed by atoms with Crippen LogP contribution in [0.3, 0.4) is 0 Å². The third kappa shape index (κ3) is 26.7. The maximum absolute atomic E-state index is 5.29. The monoisotopic (exact) mass is 1530 g/mol. The molecule has 0 saturated carbocycles. The fraction of sp³-hybridized carbons (Fsp3) is 0.340. The molecule has 0 aliphatic heterocycles. The van der Waals surface area contributed by atoms with Gasteiger partial charge in [0.15, 0.2) is 5.82 Å². The van der Waals surface area contributed by atoms with Crippen molar-refractivity contribution in [1.29, 1.82) is 0 Å². The molecule has 610 valence electrons. The minimum absolute atomic E-state index is 0.00217. The Bertz CT molecular complexity index is 4680. The molecule has 0 spiro atoms. The highest BCUT2D eigenvalue weighted by atomic mass is 16.4. The first kappa shape index (κ1) is 101. The molecule has 0 N–H and O–H groups in total. The van der Waals surface area contributed by atoms with Crippen LogP contribution < -0.4 is 9.80 Å². The zero-order chi connectivity index (χ0) is 86.3. The van der Waals surface area contributed by atoms with E-state index in [9.17, 15) is 0 Å². The van der Waals surface area contributed by atoms with Crippen LogP contribution in [-0.4, -0.2) is 32.0 Å². The Morgan fingerprint density at radius 1 is 0.272 bits per heavy atom. The summed E-state index contributed by atoms with van der Waals surface area (Å²) in [7, 11) is 2.14. The van der Waals surface area contributed by atoms with Gasteiger partial charge in [0, 0.05) is 70.1 Å². The van der Waals surface area contributed by atoms with E-state index in [1.165, 1.54) is 94.8 Å². The average molecular weight is 1530 g/mol. The summed E-state index contributed by atoms with van der Waals surface area (Å²) < 4.78 is 7.36. The number of para-hydroxylation sites is 3. The van der Waals surface area contributed by atoms with Gasteiger partial charge in [-0.2, -0.15) is 0 Å². The summed E-state index contributed by atoms with van der Waals surface area (Å²) in [5, 5.41) is 16.2. The van der Waals surface area contributed by atoms with Gasteiger partial charge in [-0.1, -0.05) is 378 Å². The van der Waals surface area contributed by atoms with Crippen LogP contribution in [0.25, 0.3) is 61.9 Å². The Morgan fingerprint density at radius 2 is 0.588 bits per heavy atom. The van der Waals surface area contributed by atoms with E-state index in [0.717, 1.165) is 45.5 Å². The summed E-state index contributed by atoms with van der Waals surface area (Å²) in [6, 6.07) is 92.9.